The lowest BCUT2D eigenvalue weighted by Gasteiger charge is -2.16. The Kier molecular flexibility index (Phi) is 5.44. The van der Waals surface area contributed by atoms with Crippen molar-refractivity contribution in [3.63, 3.8) is 0 Å². The van der Waals surface area contributed by atoms with E-state index in [9.17, 15) is 4.79 Å². The molecule has 1 aromatic rings. The zero-order chi connectivity index (χ0) is 15.2. The number of hydrogen-bond acceptors (Lipinski definition) is 4. The predicted octanol–water partition coefficient (Wildman–Crippen LogP) is 2.02. The van der Waals surface area contributed by atoms with E-state index >= 15 is 0 Å². The van der Waals surface area contributed by atoms with Crippen LogP contribution in [0.5, 0.6) is 11.5 Å². The lowest BCUT2D eigenvalue weighted by molar-refractivity contribution is -0.121. The van der Waals surface area contributed by atoms with Crippen LogP contribution in [-0.2, 0) is 4.79 Å². The molecule has 1 saturated carbocycles. The molecule has 0 heterocycles. The first-order valence-electron chi connectivity index (χ1n) is 7.38. The highest BCUT2D eigenvalue weighted by Crippen LogP contribution is 2.29. The van der Waals surface area contributed by atoms with Gasteiger partial charge in [0.15, 0.2) is 11.5 Å². The number of carbonyl (C=O) groups excluding carboxylic acids is 1. The molecule has 1 fully saturated rings. The number of methoxy groups -OCH3 is 2. The fraction of sp³-hybridized carbons (Fsp3) is 0.562. The van der Waals surface area contributed by atoms with E-state index in [1.807, 2.05) is 18.2 Å². The standard InChI is InChI=1S/C16H24N2O3/c1-11(17-9-8-16(19)18-13-5-6-13)12-4-7-14(20-2)15(10-12)21-3/h4,7,10-11,13,17H,5-6,8-9H2,1-3H3,(H,18,19). The van der Waals surface area contributed by atoms with Gasteiger partial charge in [0.1, 0.15) is 0 Å². The maximum atomic E-state index is 11.6. The van der Waals surface area contributed by atoms with Gasteiger partial charge in [-0.3, -0.25) is 4.79 Å². The largest absolute Gasteiger partial charge is 0.493 e. The van der Waals surface area contributed by atoms with E-state index in [4.69, 9.17) is 9.47 Å². The van der Waals surface area contributed by atoms with Crippen LogP contribution in [0.2, 0.25) is 0 Å². The first-order valence-corrected chi connectivity index (χ1v) is 7.38. The molecule has 0 saturated heterocycles. The Bertz CT molecular complexity index is 486. The molecule has 0 spiro atoms. The average Bonchev–Trinajstić information content (AvgIpc) is 3.30. The molecule has 116 valence electrons. The molecule has 1 unspecified atom stereocenters. The van der Waals surface area contributed by atoms with Gasteiger partial charge < -0.3 is 20.1 Å². The number of rotatable bonds is 8. The minimum atomic E-state index is 0.129. The zero-order valence-electron chi connectivity index (χ0n) is 12.9. The van der Waals surface area contributed by atoms with E-state index in [1.165, 1.54) is 0 Å². The minimum absolute atomic E-state index is 0.129. The molecule has 1 amide bonds. The Morgan fingerprint density at radius 3 is 2.62 bits per heavy atom. The van der Waals surface area contributed by atoms with Gasteiger partial charge in [0.2, 0.25) is 5.91 Å². The van der Waals surface area contributed by atoms with Gasteiger partial charge in [-0.15, -0.1) is 0 Å². The van der Waals surface area contributed by atoms with Crippen LogP contribution in [0.1, 0.15) is 37.8 Å². The predicted molar refractivity (Wildman–Crippen MR) is 81.7 cm³/mol. The summed E-state index contributed by atoms with van der Waals surface area (Å²) in [5, 5.41) is 6.34. The van der Waals surface area contributed by atoms with Crippen molar-refractivity contribution in [3.05, 3.63) is 23.8 Å². The third-order valence-electron chi connectivity index (χ3n) is 3.65. The maximum absolute atomic E-state index is 11.6. The second kappa shape index (κ2) is 7.31. The van der Waals surface area contributed by atoms with Crippen molar-refractivity contribution in [2.24, 2.45) is 0 Å². The van der Waals surface area contributed by atoms with Gasteiger partial charge in [-0.2, -0.15) is 0 Å². The summed E-state index contributed by atoms with van der Waals surface area (Å²) >= 11 is 0. The van der Waals surface area contributed by atoms with Gasteiger partial charge in [0, 0.05) is 25.0 Å². The topological polar surface area (TPSA) is 59.6 Å². The third kappa shape index (κ3) is 4.63. The van der Waals surface area contributed by atoms with Crippen LogP contribution in [0.4, 0.5) is 0 Å². The van der Waals surface area contributed by atoms with Crippen molar-refractivity contribution in [3.8, 4) is 11.5 Å². The summed E-state index contributed by atoms with van der Waals surface area (Å²) in [6.45, 7) is 2.73. The van der Waals surface area contributed by atoms with Crippen LogP contribution >= 0.6 is 0 Å². The van der Waals surface area contributed by atoms with Crippen LogP contribution in [0.15, 0.2) is 18.2 Å². The summed E-state index contributed by atoms with van der Waals surface area (Å²) in [5.74, 6) is 1.57. The fourth-order valence-electron chi connectivity index (χ4n) is 2.17. The average molecular weight is 292 g/mol. The van der Waals surface area contributed by atoms with Gasteiger partial charge in [-0.25, -0.2) is 0 Å². The second-order valence-corrected chi connectivity index (χ2v) is 5.38. The van der Waals surface area contributed by atoms with E-state index in [-0.39, 0.29) is 11.9 Å². The molecule has 1 aliphatic rings. The Morgan fingerprint density at radius 1 is 1.29 bits per heavy atom. The Labute approximate surface area is 126 Å². The van der Waals surface area contributed by atoms with Crippen molar-refractivity contribution < 1.29 is 14.3 Å². The lowest BCUT2D eigenvalue weighted by Crippen LogP contribution is -2.30. The Hall–Kier alpha value is -1.75. The van der Waals surface area contributed by atoms with Gasteiger partial charge >= 0.3 is 0 Å². The number of ether oxygens (including phenoxy) is 2. The Balaban J connectivity index is 1.81. The molecule has 0 radical (unpaired) electrons. The van der Waals surface area contributed by atoms with E-state index < -0.39 is 0 Å². The van der Waals surface area contributed by atoms with Crippen LogP contribution in [0, 0.1) is 0 Å². The number of carbonyl (C=O) groups is 1. The number of hydrogen-bond donors (Lipinski definition) is 2. The first-order chi connectivity index (χ1) is 10.1. The first kappa shape index (κ1) is 15.6. The molecule has 2 rings (SSSR count). The molecule has 5 nitrogen and oxygen atoms in total. The number of benzene rings is 1. The number of amides is 1. The van der Waals surface area contributed by atoms with Crippen molar-refractivity contribution in [1.29, 1.82) is 0 Å². The molecule has 2 N–H and O–H groups in total. The monoisotopic (exact) mass is 292 g/mol. The quantitative estimate of drug-likeness (QED) is 0.769. The molecule has 0 aromatic heterocycles. The highest BCUT2D eigenvalue weighted by atomic mass is 16.5. The van der Waals surface area contributed by atoms with Gasteiger partial charge in [-0.1, -0.05) is 6.07 Å². The second-order valence-electron chi connectivity index (χ2n) is 5.38. The summed E-state index contributed by atoms with van der Waals surface area (Å²) in [6, 6.07) is 6.44. The highest BCUT2D eigenvalue weighted by Gasteiger charge is 2.22. The molecule has 21 heavy (non-hydrogen) atoms. The number of nitrogens with one attached hydrogen (secondary N) is 2. The van der Waals surface area contributed by atoms with Crippen molar-refractivity contribution in [2.75, 3.05) is 20.8 Å². The van der Waals surface area contributed by atoms with Crippen LogP contribution in [0.25, 0.3) is 0 Å². The molecular formula is C16H24N2O3. The minimum Gasteiger partial charge on any atom is -0.493 e. The van der Waals surface area contributed by atoms with Crippen LogP contribution in [-0.4, -0.2) is 32.7 Å². The van der Waals surface area contributed by atoms with Gasteiger partial charge in [0.25, 0.3) is 0 Å². The van der Waals surface area contributed by atoms with Crippen molar-refractivity contribution in [1.82, 2.24) is 10.6 Å². The highest BCUT2D eigenvalue weighted by molar-refractivity contribution is 5.76. The van der Waals surface area contributed by atoms with Crippen molar-refractivity contribution in [2.45, 2.75) is 38.3 Å². The fourth-order valence-corrected chi connectivity index (χ4v) is 2.17. The van der Waals surface area contributed by atoms with E-state index in [0.29, 0.717) is 19.0 Å². The third-order valence-corrected chi connectivity index (χ3v) is 3.65. The summed E-state index contributed by atoms with van der Waals surface area (Å²) in [4.78, 5) is 11.6. The summed E-state index contributed by atoms with van der Waals surface area (Å²) in [7, 11) is 3.25. The van der Waals surface area contributed by atoms with E-state index in [2.05, 4.69) is 17.6 Å². The maximum Gasteiger partial charge on any atom is 0.221 e. The Morgan fingerprint density at radius 2 is 2.00 bits per heavy atom. The molecule has 0 aliphatic heterocycles. The molecule has 1 atom stereocenters. The lowest BCUT2D eigenvalue weighted by atomic mass is 10.1. The van der Waals surface area contributed by atoms with Crippen molar-refractivity contribution >= 4 is 5.91 Å². The zero-order valence-corrected chi connectivity index (χ0v) is 12.9. The SMILES string of the molecule is COc1ccc(C(C)NCCC(=O)NC2CC2)cc1OC. The summed E-state index contributed by atoms with van der Waals surface area (Å²) < 4.78 is 10.5. The molecular weight excluding hydrogens is 268 g/mol. The van der Waals surface area contributed by atoms with Gasteiger partial charge in [-0.05, 0) is 37.5 Å². The van der Waals surface area contributed by atoms with E-state index in [1.54, 1.807) is 14.2 Å². The summed E-state index contributed by atoms with van der Waals surface area (Å²) in [5.41, 5.74) is 1.11. The normalized spacial score (nSPS) is 15.4. The summed E-state index contributed by atoms with van der Waals surface area (Å²) in [6.07, 6.45) is 2.76. The van der Waals surface area contributed by atoms with Crippen LogP contribution < -0.4 is 20.1 Å². The van der Waals surface area contributed by atoms with Crippen LogP contribution in [0.3, 0.4) is 0 Å². The molecule has 0 bridgehead atoms. The van der Waals surface area contributed by atoms with Gasteiger partial charge in [0.05, 0.1) is 14.2 Å². The molecule has 1 aromatic carbocycles. The van der Waals surface area contributed by atoms with E-state index in [0.717, 1.165) is 29.9 Å². The molecule has 5 heteroatoms. The molecule has 1 aliphatic carbocycles. The smallest absolute Gasteiger partial charge is 0.221 e.